The zero-order valence-electron chi connectivity index (χ0n) is 11.5. The van der Waals surface area contributed by atoms with E-state index >= 15 is 0 Å². The first-order chi connectivity index (χ1) is 9.25. The third kappa shape index (κ3) is 2.48. The van der Waals surface area contributed by atoms with Gasteiger partial charge in [0.2, 0.25) is 0 Å². The molecule has 1 aliphatic heterocycles. The number of aromatic amines is 1. The van der Waals surface area contributed by atoms with Crippen molar-refractivity contribution in [3.05, 3.63) is 23.7 Å². The predicted molar refractivity (Wildman–Crippen MR) is 74.1 cm³/mol. The van der Waals surface area contributed by atoms with Gasteiger partial charge >= 0.3 is 0 Å². The zero-order valence-corrected chi connectivity index (χ0v) is 11.5. The first kappa shape index (κ1) is 12.6. The van der Waals surface area contributed by atoms with Crippen molar-refractivity contribution in [1.29, 1.82) is 0 Å². The minimum absolute atomic E-state index is 0.407. The van der Waals surface area contributed by atoms with Gasteiger partial charge in [-0.2, -0.15) is 5.10 Å². The van der Waals surface area contributed by atoms with Gasteiger partial charge in [0, 0.05) is 31.2 Å². The number of hydrogen-bond donors (Lipinski definition) is 1. The number of morpholine rings is 1. The van der Waals surface area contributed by atoms with Crippen molar-refractivity contribution >= 4 is 10.9 Å². The molecule has 0 amide bonds. The second kappa shape index (κ2) is 5.27. The molecular formula is C14H20N4O. The maximum atomic E-state index is 5.39. The van der Waals surface area contributed by atoms with Crippen LogP contribution in [0.5, 0.6) is 0 Å². The molecular weight excluding hydrogens is 240 g/mol. The Kier molecular flexibility index (Phi) is 3.48. The smallest absolute Gasteiger partial charge is 0.0958 e. The first-order valence-corrected chi connectivity index (χ1v) is 6.87. The van der Waals surface area contributed by atoms with Crippen molar-refractivity contribution in [3.8, 4) is 0 Å². The number of fused-ring (bicyclic) bond motifs is 1. The lowest BCUT2D eigenvalue weighted by Crippen LogP contribution is -2.35. The summed E-state index contributed by atoms with van der Waals surface area (Å²) in [7, 11) is 0. The molecule has 0 saturated carbocycles. The van der Waals surface area contributed by atoms with E-state index in [1.54, 1.807) is 0 Å². The van der Waals surface area contributed by atoms with Crippen LogP contribution in [0, 0.1) is 0 Å². The lowest BCUT2D eigenvalue weighted by Gasteiger charge is -2.26. The molecule has 0 atom stereocenters. The third-order valence-electron chi connectivity index (χ3n) is 3.60. The van der Waals surface area contributed by atoms with E-state index in [4.69, 9.17) is 4.74 Å². The molecule has 0 spiro atoms. The van der Waals surface area contributed by atoms with Gasteiger partial charge in [0.25, 0.3) is 0 Å². The van der Waals surface area contributed by atoms with Gasteiger partial charge < -0.3 is 4.74 Å². The van der Waals surface area contributed by atoms with Gasteiger partial charge in [0.05, 0.1) is 30.1 Å². The van der Waals surface area contributed by atoms with E-state index in [0.717, 1.165) is 44.1 Å². The van der Waals surface area contributed by atoms with Crippen LogP contribution in [-0.4, -0.2) is 46.4 Å². The molecule has 5 heteroatoms. The normalized spacial score (nSPS) is 17.4. The summed E-state index contributed by atoms with van der Waals surface area (Å²) < 4.78 is 5.39. The molecule has 2 aromatic rings. The maximum absolute atomic E-state index is 5.39. The molecule has 0 unspecified atom stereocenters. The lowest BCUT2D eigenvalue weighted by molar-refractivity contribution is 0.0338. The van der Waals surface area contributed by atoms with E-state index in [1.165, 1.54) is 11.1 Å². The van der Waals surface area contributed by atoms with Crippen LogP contribution >= 0.6 is 0 Å². The highest BCUT2D eigenvalue weighted by atomic mass is 16.5. The van der Waals surface area contributed by atoms with Crippen molar-refractivity contribution in [2.75, 3.05) is 26.3 Å². The zero-order chi connectivity index (χ0) is 13.2. The Balaban J connectivity index is 1.94. The highest BCUT2D eigenvalue weighted by Crippen LogP contribution is 2.25. The molecule has 3 heterocycles. The lowest BCUT2D eigenvalue weighted by atomic mass is 10.0. The fourth-order valence-corrected chi connectivity index (χ4v) is 2.59. The summed E-state index contributed by atoms with van der Waals surface area (Å²) in [6.07, 6.45) is 1.84. The Morgan fingerprint density at radius 3 is 2.89 bits per heavy atom. The molecule has 5 nitrogen and oxygen atoms in total. The van der Waals surface area contributed by atoms with Crippen LogP contribution in [0.2, 0.25) is 0 Å². The molecule has 1 fully saturated rings. The summed E-state index contributed by atoms with van der Waals surface area (Å²) in [6.45, 7) is 8.85. The SMILES string of the molecule is CC(C)c1nccc2n[nH]c(CN3CCOCC3)c12. The van der Waals surface area contributed by atoms with Gasteiger partial charge in [-0.3, -0.25) is 15.0 Å². The second-order valence-corrected chi connectivity index (χ2v) is 5.34. The maximum Gasteiger partial charge on any atom is 0.0958 e. The Hall–Kier alpha value is -1.46. The topological polar surface area (TPSA) is 54.0 Å². The Bertz CT molecular complexity index is 558. The van der Waals surface area contributed by atoms with E-state index < -0.39 is 0 Å². The first-order valence-electron chi connectivity index (χ1n) is 6.87. The average molecular weight is 260 g/mol. The van der Waals surface area contributed by atoms with Gasteiger partial charge in [-0.15, -0.1) is 0 Å². The fraction of sp³-hybridized carbons (Fsp3) is 0.571. The summed E-state index contributed by atoms with van der Waals surface area (Å²) in [4.78, 5) is 6.93. The summed E-state index contributed by atoms with van der Waals surface area (Å²) >= 11 is 0. The fourth-order valence-electron chi connectivity index (χ4n) is 2.59. The number of nitrogens with one attached hydrogen (secondary N) is 1. The summed E-state index contributed by atoms with van der Waals surface area (Å²) in [6, 6.07) is 1.97. The molecule has 3 rings (SSSR count). The van der Waals surface area contributed by atoms with E-state index in [0.29, 0.717) is 5.92 Å². The van der Waals surface area contributed by atoms with E-state index in [9.17, 15) is 0 Å². The Morgan fingerprint density at radius 2 is 2.16 bits per heavy atom. The molecule has 0 radical (unpaired) electrons. The monoisotopic (exact) mass is 260 g/mol. The number of hydrogen-bond acceptors (Lipinski definition) is 4. The number of ether oxygens (including phenoxy) is 1. The summed E-state index contributed by atoms with van der Waals surface area (Å²) in [5.74, 6) is 0.407. The van der Waals surface area contributed by atoms with Gasteiger partial charge in [0.1, 0.15) is 0 Å². The molecule has 1 aliphatic rings. The Morgan fingerprint density at radius 1 is 1.37 bits per heavy atom. The quantitative estimate of drug-likeness (QED) is 0.916. The van der Waals surface area contributed by atoms with Crippen LogP contribution in [-0.2, 0) is 11.3 Å². The molecule has 1 N–H and O–H groups in total. The molecule has 102 valence electrons. The number of pyridine rings is 1. The number of aromatic nitrogens is 3. The van der Waals surface area contributed by atoms with Crippen LogP contribution in [0.3, 0.4) is 0 Å². The standard InChI is InChI=1S/C14H20N4O/c1-10(2)14-13-11(3-4-15-14)16-17-12(13)9-18-5-7-19-8-6-18/h3-4,10H,5-9H2,1-2H3,(H,16,17). The minimum Gasteiger partial charge on any atom is -0.379 e. The van der Waals surface area contributed by atoms with Crippen molar-refractivity contribution < 1.29 is 4.74 Å². The van der Waals surface area contributed by atoms with Gasteiger partial charge in [-0.1, -0.05) is 13.8 Å². The van der Waals surface area contributed by atoms with Crippen LogP contribution < -0.4 is 0 Å². The molecule has 2 aromatic heterocycles. The van der Waals surface area contributed by atoms with Crippen LogP contribution in [0.25, 0.3) is 10.9 Å². The van der Waals surface area contributed by atoms with Crippen molar-refractivity contribution in [2.45, 2.75) is 26.3 Å². The van der Waals surface area contributed by atoms with Crippen LogP contribution in [0.15, 0.2) is 12.3 Å². The largest absolute Gasteiger partial charge is 0.379 e. The average Bonchev–Trinajstić information content (AvgIpc) is 2.83. The van der Waals surface area contributed by atoms with Crippen molar-refractivity contribution in [2.24, 2.45) is 0 Å². The number of H-pyrrole nitrogens is 1. The molecule has 0 aliphatic carbocycles. The predicted octanol–water partition coefficient (Wildman–Crippen LogP) is 1.91. The van der Waals surface area contributed by atoms with Gasteiger partial charge in [-0.25, -0.2) is 0 Å². The second-order valence-electron chi connectivity index (χ2n) is 5.34. The van der Waals surface area contributed by atoms with Crippen molar-refractivity contribution in [1.82, 2.24) is 20.1 Å². The summed E-state index contributed by atoms with van der Waals surface area (Å²) in [5.41, 5.74) is 3.32. The van der Waals surface area contributed by atoms with Gasteiger partial charge in [0.15, 0.2) is 0 Å². The summed E-state index contributed by atoms with van der Waals surface area (Å²) in [5, 5.41) is 8.79. The molecule has 0 bridgehead atoms. The number of nitrogens with zero attached hydrogens (tertiary/aromatic N) is 3. The highest BCUT2D eigenvalue weighted by Gasteiger charge is 2.17. The van der Waals surface area contributed by atoms with Gasteiger partial charge in [-0.05, 0) is 12.0 Å². The molecule has 1 saturated heterocycles. The minimum atomic E-state index is 0.407. The Labute approximate surface area is 113 Å². The molecule has 0 aromatic carbocycles. The van der Waals surface area contributed by atoms with Crippen molar-refractivity contribution in [3.63, 3.8) is 0 Å². The van der Waals surface area contributed by atoms with E-state index in [-0.39, 0.29) is 0 Å². The third-order valence-corrected chi connectivity index (χ3v) is 3.60. The number of rotatable bonds is 3. The van der Waals surface area contributed by atoms with Crippen LogP contribution in [0.1, 0.15) is 31.2 Å². The van der Waals surface area contributed by atoms with Crippen LogP contribution in [0.4, 0.5) is 0 Å². The van der Waals surface area contributed by atoms with E-state index in [1.807, 2.05) is 12.3 Å². The van der Waals surface area contributed by atoms with E-state index in [2.05, 4.69) is 33.9 Å². The highest BCUT2D eigenvalue weighted by molar-refractivity contribution is 5.83. The molecule has 19 heavy (non-hydrogen) atoms.